The van der Waals surface area contributed by atoms with E-state index in [4.69, 9.17) is 16.3 Å². The van der Waals surface area contributed by atoms with Gasteiger partial charge in [-0.3, -0.25) is 0 Å². The first-order valence-electron chi connectivity index (χ1n) is 9.54. The molecule has 6 heteroatoms. The number of benzene rings is 1. The largest absolute Gasteiger partial charge is 0.394 e. The minimum absolute atomic E-state index is 0.387. The van der Waals surface area contributed by atoms with Gasteiger partial charge in [0.2, 0.25) is 0 Å². The molecule has 3 aliphatic rings. The maximum absolute atomic E-state index is 10.4. The summed E-state index contributed by atoms with van der Waals surface area (Å²) >= 11 is 6.35. The number of aliphatic hydroxyl groups excluding tert-OH is 4. The monoisotopic (exact) mass is 414 g/mol. The van der Waals surface area contributed by atoms with Crippen molar-refractivity contribution in [3.8, 4) is 11.1 Å². The lowest BCUT2D eigenvalue weighted by molar-refractivity contribution is -0.231. The van der Waals surface area contributed by atoms with Gasteiger partial charge in [0, 0.05) is 10.6 Å². The quantitative estimate of drug-likeness (QED) is 0.527. The maximum Gasteiger partial charge on any atom is 0.113 e. The summed E-state index contributed by atoms with van der Waals surface area (Å²) < 4.78 is 5.67. The van der Waals surface area contributed by atoms with Crippen LogP contribution in [0.25, 0.3) is 11.1 Å². The van der Waals surface area contributed by atoms with Gasteiger partial charge in [0.25, 0.3) is 0 Å². The lowest BCUT2D eigenvalue weighted by Gasteiger charge is -2.40. The van der Waals surface area contributed by atoms with Crippen molar-refractivity contribution in [1.82, 2.24) is 0 Å². The summed E-state index contributed by atoms with van der Waals surface area (Å²) in [6.45, 7) is -0.476. The standard InChI is InChI=1S/C23H23ClO5/c24-18-7-6-13(8-14-9-15-4-2-1-3-5-16(15)10-14)11-17(18)23-22(28)21(27)20(26)19(12-25)29-23/h1-7,9-11,19-23,25-28H,8,12H2/t19-,20-,21+,22-,23+/m1/s1. The van der Waals surface area contributed by atoms with Gasteiger partial charge in [-0.05, 0) is 34.7 Å². The Morgan fingerprint density at radius 1 is 0.793 bits per heavy atom. The smallest absolute Gasteiger partial charge is 0.113 e. The van der Waals surface area contributed by atoms with Gasteiger partial charge >= 0.3 is 0 Å². The van der Waals surface area contributed by atoms with Crippen molar-refractivity contribution in [2.24, 2.45) is 0 Å². The van der Waals surface area contributed by atoms with Crippen LogP contribution in [0.2, 0.25) is 5.02 Å². The summed E-state index contributed by atoms with van der Waals surface area (Å²) in [5.41, 5.74) is 4.96. The summed E-state index contributed by atoms with van der Waals surface area (Å²) in [6.07, 6.45) is -5.45. The van der Waals surface area contributed by atoms with Crippen LogP contribution in [0.1, 0.15) is 22.8 Å². The van der Waals surface area contributed by atoms with Crippen LogP contribution in [-0.4, -0.2) is 51.4 Å². The highest BCUT2D eigenvalue weighted by atomic mass is 35.5. The first kappa shape index (κ1) is 20.3. The molecule has 29 heavy (non-hydrogen) atoms. The summed E-state index contributed by atoms with van der Waals surface area (Å²) in [4.78, 5) is 0. The van der Waals surface area contributed by atoms with Crippen LogP contribution in [0.15, 0.2) is 60.7 Å². The predicted molar refractivity (Wildman–Crippen MR) is 110 cm³/mol. The third kappa shape index (κ3) is 4.03. The van der Waals surface area contributed by atoms with Crippen molar-refractivity contribution in [2.45, 2.75) is 36.9 Å². The van der Waals surface area contributed by atoms with Crippen LogP contribution in [0.3, 0.4) is 0 Å². The molecule has 5 atom stereocenters. The number of hydrogen-bond donors (Lipinski definition) is 4. The molecule has 1 aromatic rings. The Morgan fingerprint density at radius 3 is 2.14 bits per heavy atom. The van der Waals surface area contributed by atoms with Crippen molar-refractivity contribution in [1.29, 1.82) is 0 Å². The maximum atomic E-state index is 10.4. The Hall–Kier alpha value is -1.99. The Morgan fingerprint density at radius 2 is 1.48 bits per heavy atom. The minimum Gasteiger partial charge on any atom is -0.394 e. The van der Waals surface area contributed by atoms with Crippen LogP contribution in [0.4, 0.5) is 0 Å². The number of halogens is 1. The van der Waals surface area contributed by atoms with Gasteiger partial charge in [0.05, 0.1) is 6.61 Å². The van der Waals surface area contributed by atoms with E-state index in [1.54, 1.807) is 6.07 Å². The van der Waals surface area contributed by atoms with E-state index < -0.39 is 37.1 Å². The van der Waals surface area contributed by atoms with Gasteiger partial charge in [-0.2, -0.15) is 0 Å². The van der Waals surface area contributed by atoms with E-state index in [2.05, 4.69) is 24.3 Å². The normalized spacial score (nSPS) is 27.3. The molecule has 4 rings (SSSR count). The van der Waals surface area contributed by atoms with E-state index in [0.717, 1.165) is 22.3 Å². The Balaban J connectivity index is 1.63. The third-order valence-corrected chi connectivity index (χ3v) is 5.80. The lowest BCUT2D eigenvalue weighted by Crippen LogP contribution is -2.55. The number of fused-ring (bicyclic) bond motifs is 1. The molecule has 0 aromatic heterocycles. The molecule has 1 heterocycles. The number of hydrogen-bond acceptors (Lipinski definition) is 5. The molecule has 5 nitrogen and oxygen atoms in total. The Bertz CT molecular complexity index is 929. The zero-order valence-electron chi connectivity index (χ0n) is 15.6. The summed E-state index contributed by atoms with van der Waals surface area (Å²) in [5, 5.41) is 40.3. The van der Waals surface area contributed by atoms with Crippen molar-refractivity contribution >= 4 is 11.6 Å². The van der Waals surface area contributed by atoms with Crippen molar-refractivity contribution < 1.29 is 25.2 Å². The molecule has 1 fully saturated rings. The van der Waals surface area contributed by atoms with Crippen LogP contribution in [0.5, 0.6) is 0 Å². The molecule has 0 bridgehead atoms. The molecule has 152 valence electrons. The molecule has 0 saturated carbocycles. The van der Waals surface area contributed by atoms with Gasteiger partial charge in [-0.15, -0.1) is 0 Å². The van der Waals surface area contributed by atoms with Crippen LogP contribution < -0.4 is 0 Å². The molecule has 1 aliphatic heterocycles. The number of rotatable bonds is 4. The second kappa shape index (κ2) is 8.40. The zero-order chi connectivity index (χ0) is 20.5. The fourth-order valence-corrected chi connectivity index (χ4v) is 4.12. The van der Waals surface area contributed by atoms with Gasteiger partial charge in [-0.25, -0.2) is 0 Å². The number of ether oxygens (including phenoxy) is 1. The molecule has 0 amide bonds. The minimum atomic E-state index is -1.44. The highest BCUT2D eigenvalue weighted by molar-refractivity contribution is 6.31. The van der Waals surface area contributed by atoms with Crippen molar-refractivity contribution in [2.75, 3.05) is 6.61 Å². The second-order valence-electron chi connectivity index (χ2n) is 7.47. The van der Waals surface area contributed by atoms with E-state index in [-0.39, 0.29) is 0 Å². The topological polar surface area (TPSA) is 90.2 Å². The van der Waals surface area contributed by atoms with Crippen molar-refractivity contribution in [3.63, 3.8) is 0 Å². The fraction of sp³-hybridized carbons (Fsp3) is 0.304. The number of aliphatic hydroxyl groups is 4. The highest BCUT2D eigenvalue weighted by Crippen LogP contribution is 2.37. The lowest BCUT2D eigenvalue weighted by atomic mass is 9.90. The van der Waals surface area contributed by atoms with E-state index in [1.165, 1.54) is 0 Å². The van der Waals surface area contributed by atoms with E-state index in [1.807, 2.05) is 30.3 Å². The molecular weight excluding hydrogens is 392 g/mol. The molecule has 0 spiro atoms. The van der Waals surface area contributed by atoms with Gasteiger partial charge in [0.1, 0.15) is 30.5 Å². The molecule has 2 aliphatic carbocycles. The first-order valence-corrected chi connectivity index (χ1v) is 9.92. The molecule has 0 unspecified atom stereocenters. The molecular formula is C23H23ClO5. The third-order valence-electron chi connectivity index (χ3n) is 5.46. The molecule has 1 aromatic carbocycles. The SMILES string of the molecule is OC[C@H]1O[C@@H](c2cc(Cc3cc4cccccc-4c3)ccc2Cl)[C@H](O)[C@@H](O)[C@@H]1O. The summed E-state index contributed by atoms with van der Waals surface area (Å²) in [7, 11) is 0. The zero-order valence-corrected chi connectivity index (χ0v) is 16.4. The fourth-order valence-electron chi connectivity index (χ4n) is 3.90. The molecule has 1 saturated heterocycles. The average Bonchev–Trinajstić information content (AvgIpc) is 2.96. The summed E-state index contributed by atoms with van der Waals surface area (Å²) in [6, 6.07) is 19.9. The average molecular weight is 415 g/mol. The summed E-state index contributed by atoms with van der Waals surface area (Å²) in [5.74, 6) is 0. The molecule has 4 N–H and O–H groups in total. The first-order chi connectivity index (χ1) is 14.0. The highest BCUT2D eigenvalue weighted by Gasteiger charge is 2.44. The van der Waals surface area contributed by atoms with Gasteiger partial charge in [0.15, 0.2) is 0 Å². The van der Waals surface area contributed by atoms with Crippen LogP contribution in [0, 0.1) is 0 Å². The second-order valence-corrected chi connectivity index (χ2v) is 7.87. The Labute approximate surface area is 174 Å². The van der Waals surface area contributed by atoms with Gasteiger partial charge < -0.3 is 25.2 Å². The van der Waals surface area contributed by atoms with E-state index in [0.29, 0.717) is 17.0 Å². The van der Waals surface area contributed by atoms with E-state index >= 15 is 0 Å². The van der Waals surface area contributed by atoms with E-state index in [9.17, 15) is 20.4 Å². The van der Waals surface area contributed by atoms with Crippen molar-refractivity contribution in [3.05, 3.63) is 82.4 Å². The van der Waals surface area contributed by atoms with Gasteiger partial charge in [-0.1, -0.05) is 66.2 Å². The van der Waals surface area contributed by atoms with Crippen LogP contribution in [-0.2, 0) is 11.2 Å². The molecule has 0 radical (unpaired) electrons. The van der Waals surface area contributed by atoms with Crippen LogP contribution >= 0.6 is 11.6 Å². The Kier molecular flexibility index (Phi) is 5.88. The predicted octanol–water partition coefficient (Wildman–Crippen LogP) is 2.55.